The number of carbonyl (C=O) groups excluding carboxylic acids is 2. The van der Waals surface area contributed by atoms with Crippen LogP contribution < -0.4 is 4.72 Å². The van der Waals surface area contributed by atoms with Crippen LogP contribution in [-0.2, 0) is 19.6 Å². The molecule has 2 aromatic heterocycles. The van der Waals surface area contributed by atoms with Gasteiger partial charge in [-0.3, -0.25) is 9.59 Å². The molecular formula is C26H35ClN4O4S3. The Morgan fingerprint density at radius 1 is 1.00 bits per heavy atom. The third-order valence-electron chi connectivity index (χ3n) is 7.86. The molecule has 2 aromatic rings. The lowest BCUT2D eigenvalue weighted by molar-refractivity contribution is -0.143. The molecule has 38 heavy (non-hydrogen) atoms. The fraction of sp³-hybridized carbons (Fsp3) is 0.615. The summed E-state index contributed by atoms with van der Waals surface area (Å²) >= 11 is 8.56. The number of likely N-dealkylation sites (tertiary alicyclic amines) is 3. The van der Waals surface area contributed by atoms with E-state index in [1.54, 1.807) is 18.2 Å². The molecule has 2 amide bonds. The highest BCUT2D eigenvalue weighted by Crippen LogP contribution is 2.37. The van der Waals surface area contributed by atoms with Crippen molar-refractivity contribution in [1.82, 2.24) is 19.4 Å². The van der Waals surface area contributed by atoms with E-state index in [0.717, 1.165) is 66.0 Å². The third kappa shape index (κ3) is 6.45. The molecule has 2 atom stereocenters. The lowest BCUT2D eigenvalue weighted by Crippen LogP contribution is -2.55. The Kier molecular flexibility index (Phi) is 8.81. The summed E-state index contributed by atoms with van der Waals surface area (Å²) in [6.07, 6.45) is 5.45. The quantitative estimate of drug-likeness (QED) is 0.494. The van der Waals surface area contributed by atoms with Crippen LogP contribution in [0.2, 0.25) is 4.34 Å². The Bertz CT molecular complexity index is 1250. The molecule has 208 valence electrons. The van der Waals surface area contributed by atoms with Gasteiger partial charge in [0.05, 0.1) is 10.9 Å². The topological polar surface area (TPSA) is 90.0 Å². The minimum Gasteiger partial charge on any atom is -0.337 e. The molecule has 3 fully saturated rings. The van der Waals surface area contributed by atoms with Crippen LogP contribution in [-0.4, -0.2) is 86.3 Å². The Morgan fingerprint density at radius 2 is 1.71 bits per heavy atom. The van der Waals surface area contributed by atoms with E-state index in [1.807, 2.05) is 11.0 Å². The molecule has 0 bridgehead atoms. The molecule has 1 N–H and O–H groups in total. The number of carbonyl (C=O) groups is 2. The SMILES string of the molecule is CC1CCN(CC2CCCN2C(=O)CN2CCCC(NS(=O)(=O)c3ccc(-c4ccc(Cl)s4)s3)C2=O)CC1. The van der Waals surface area contributed by atoms with Crippen molar-refractivity contribution in [2.45, 2.75) is 61.7 Å². The molecule has 0 aromatic carbocycles. The molecule has 5 rings (SSSR count). The minimum absolute atomic E-state index is 0.00683. The summed E-state index contributed by atoms with van der Waals surface area (Å²) in [4.78, 5) is 34.2. The molecule has 3 aliphatic heterocycles. The maximum atomic E-state index is 13.3. The van der Waals surface area contributed by atoms with Gasteiger partial charge < -0.3 is 14.7 Å². The summed E-state index contributed by atoms with van der Waals surface area (Å²) in [6.45, 7) is 6.56. The molecule has 3 saturated heterocycles. The number of sulfonamides is 1. The molecule has 0 aliphatic carbocycles. The predicted molar refractivity (Wildman–Crippen MR) is 152 cm³/mol. The molecule has 8 nitrogen and oxygen atoms in total. The van der Waals surface area contributed by atoms with Crippen LogP contribution in [0.5, 0.6) is 0 Å². The van der Waals surface area contributed by atoms with E-state index < -0.39 is 16.1 Å². The van der Waals surface area contributed by atoms with E-state index >= 15 is 0 Å². The van der Waals surface area contributed by atoms with Crippen LogP contribution in [0.1, 0.15) is 45.4 Å². The van der Waals surface area contributed by atoms with E-state index in [4.69, 9.17) is 11.6 Å². The number of hydrogen-bond acceptors (Lipinski definition) is 7. The van der Waals surface area contributed by atoms with Gasteiger partial charge in [0, 0.05) is 35.4 Å². The van der Waals surface area contributed by atoms with Gasteiger partial charge in [0.25, 0.3) is 10.0 Å². The molecule has 12 heteroatoms. The van der Waals surface area contributed by atoms with Crippen molar-refractivity contribution >= 4 is 56.1 Å². The van der Waals surface area contributed by atoms with Crippen molar-refractivity contribution in [3.63, 3.8) is 0 Å². The van der Waals surface area contributed by atoms with Crippen LogP contribution in [0.15, 0.2) is 28.5 Å². The number of halogens is 1. The first-order valence-corrected chi connectivity index (χ1v) is 16.9. The van der Waals surface area contributed by atoms with Crippen LogP contribution in [0.3, 0.4) is 0 Å². The third-order valence-corrected chi connectivity index (χ3v) is 12.3. The monoisotopic (exact) mass is 598 g/mol. The van der Waals surface area contributed by atoms with Gasteiger partial charge in [-0.15, -0.1) is 22.7 Å². The van der Waals surface area contributed by atoms with Crippen molar-refractivity contribution in [3.8, 4) is 9.75 Å². The number of hydrogen-bond donors (Lipinski definition) is 1. The van der Waals surface area contributed by atoms with Gasteiger partial charge in [0.1, 0.15) is 10.3 Å². The second-order valence-corrected chi connectivity index (χ2v) is 15.4. The van der Waals surface area contributed by atoms with Gasteiger partial charge in [0.15, 0.2) is 0 Å². The zero-order valence-corrected chi connectivity index (χ0v) is 24.8. The van der Waals surface area contributed by atoms with Crippen molar-refractivity contribution in [2.75, 3.05) is 39.3 Å². The van der Waals surface area contributed by atoms with Crippen LogP contribution >= 0.6 is 34.3 Å². The molecule has 0 saturated carbocycles. The fourth-order valence-corrected chi connectivity index (χ4v) is 9.33. The number of thiophene rings is 2. The van der Waals surface area contributed by atoms with Gasteiger partial charge in [-0.25, -0.2) is 8.42 Å². The lowest BCUT2D eigenvalue weighted by Gasteiger charge is -2.36. The molecule has 0 spiro atoms. The van der Waals surface area contributed by atoms with E-state index in [-0.39, 0.29) is 28.6 Å². The smallest absolute Gasteiger partial charge is 0.250 e. The fourth-order valence-electron chi connectivity index (χ4n) is 5.65. The molecule has 3 aliphatic rings. The van der Waals surface area contributed by atoms with Crippen LogP contribution in [0.4, 0.5) is 0 Å². The first-order valence-electron chi connectivity index (χ1n) is 13.4. The number of nitrogens with one attached hydrogen (secondary N) is 1. The Hall–Kier alpha value is -1.50. The van der Waals surface area contributed by atoms with Crippen LogP contribution in [0.25, 0.3) is 9.75 Å². The van der Waals surface area contributed by atoms with Gasteiger partial charge in [-0.2, -0.15) is 4.72 Å². The molecular weight excluding hydrogens is 564 g/mol. The summed E-state index contributed by atoms with van der Waals surface area (Å²) in [5.41, 5.74) is 0. The summed E-state index contributed by atoms with van der Waals surface area (Å²) in [7, 11) is -3.88. The van der Waals surface area contributed by atoms with Crippen molar-refractivity contribution in [2.24, 2.45) is 5.92 Å². The highest BCUT2D eigenvalue weighted by Gasteiger charge is 2.37. The van der Waals surface area contributed by atoms with Crippen molar-refractivity contribution in [3.05, 3.63) is 28.6 Å². The molecule has 5 heterocycles. The van der Waals surface area contributed by atoms with Crippen molar-refractivity contribution < 1.29 is 18.0 Å². The predicted octanol–water partition coefficient (Wildman–Crippen LogP) is 4.12. The number of piperidine rings is 2. The summed E-state index contributed by atoms with van der Waals surface area (Å²) in [5.74, 6) is 0.410. The highest BCUT2D eigenvalue weighted by atomic mass is 35.5. The highest BCUT2D eigenvalue weighted by molar-refractivity contribution is 7.91. The average Bonchev–Trinajstić information content (AvgIpc) is 3.64. The Balaban J connectivity index is 1.18. The summed E-state index contributed by atoms with van der Waals surface area (Å²) < 4.78 is 29.6. The van der Waals surface area contributed by atoms with Crippen molar-refractivity contribution in [1.29, 1.82) is 0 Å². The first kappa shape index (κ1) is 28.0. The Morgan fingerprint density at radius 3 is 2.45 bits per heavy atom. The summed E-state index contributed by atoms with van der Waals surface area (Å²) in [6, 6.07) is 6.28. The molecule has 2 unspecified atom stereocenters. The minimum atomic E-state index is -3.88. The number of nitrogens with zero attached hydrogens (tertiary/aromatic N) is 3. The Labute approximate surface area is 238 Å². The first-order chi connectivity index (χ1) is 18.2. The van der Waals surface area contributed by atoms with Gasteiger partial charge in [-0.05, 0) is 81.8 Å². The van der Waals surface area contributed by atoms with Gasteiger partial charge in [-0.1, -0.05) is 18.5 Å². The molecule has 0 radical (unpaired) electrons. The van der Waals surface area contributed by atoms with E-state index in [0.29, 0.717) is 23.7 Å². The maximum Gasteiger partial charge on any atom is 0.250 e. The van der Waals surface area contributed by atoms with Gasteiger partial charge >= 0.3 is 0 Å². The zero-order chi connectivity index (χ0) is 26.9. The maximum absolute atomic E-state index is 13.3. The average molecular weight is 599 g/mol. The van der Waals surface area contributed by atoms with E-state index in [9.17, 15) is 18.0 Å². The zero-order valence-electron chi connectivity index (χ0n) is 21.6. The largest absolute Gasteiger partial charge is 0.337 e. The summed E-state index contributed by atoms with van der Waals surface area (Å²) in [5, 5.41) is 0. The van der Waals surface area contributed by atoms with E-state index in [1.165, 1.54) is 29.1 Å². The second-order valence-electron chi connectivity index (χ2n) is 10.7. The standard InChI is InChI=1S/C26H35ClN4O4S3/c1-18-10-14-29(15-11-18)16-19-4-2-13-31(19)24(32)17-30-12-3-5-20(26(30)33)28-38(34,35)25-9-7-22(37-25)21-6-8-23(27)36-21/h6-9,18-20,28H,2-5,10-17H2,1H3. The van der Waals surface area contributed by atoms with Crippen LogP contribution in [0, 0.1) is 5.92 Å². The normalized spacial score (nSPS) is 23.9. The lowest BCUT2D eigenvalue weighted by atomic mass is 9.98. The second kappa shape index (κ2) is 11.9. The number of amides is 2. The number of rotatable bonds is 8. The van der Waals surface area contributed by atoms with Gasteiger partial charge in [0.2, 0.25) is 11.8 Å². The van der Waals surface area contributed by atoms with E-state index in [2.05, 4.69) is 16.5 Å².